The number of nitrogens with zero attached hydrogens (tertiary/aromatic N) is 3. The lowest BCUT2D eigenvalue weighted by molar-refractivity contribution is 0.0670. The fraction of sp³-hybridized carbons (Fsp3) is 0.625. The lowest BCUT2D eigenvalue weighted by Gasteiger charge is -2.30. The summed E-state index contributed by atoms with van der Waals surface area (Å²) in [6.45, 7) is 7.77. The van der Waals surface area contributed by atoms with E-state index in [0.29, 0.717) is 5.69 Å². The highest BCUT2D eigenvalue weighted by molar-refractivity contribution is 5.93. The van der Waals surface area contributed by atoms with Crippen LogP contribution in [0.2, 0.25) is 0 Å². The van der Waals surface area contributed by atoms with Gasteiger partial charge in [0.25, 0.3) is 5.91 Å². The molecular weight excluding hydrogens is 264 g/mol. The molecule has 0 aliphatic carbocycles. The molecule has 1 fully saturated rings. The minimum atomic E-state index is 0.0527. The van der Waals surface area contributed by atoms with Crippen molar-refractivity contribution in [3.63, 3.8) is 0 Å². The van der Waals surface area contributed by atoms with Gasteiger partial charge in [-0.15, -0.1) is 0 Å². The highest BCUT2D eigenvalue weighted by Crippen LogP contribution is 2.16. The maximum absolute atomic E-state index is 12.8. The second-order valence-electron chi connectivity index (χ2n) is 5.61. The lowest BCUT2D eigenvalue weighted by atomic mass is 10.1. The third-order valence-corrected chi connectivity index (χ3v) is 3.96. The Morgan fingerprint density at radius 1 is 1.38 bits per heavy atom. The molecule has 0 bridgehead atoms. The van der Waals surface area contributed by atoms with Gasteiger partial charge in [0.2, 0.25) is 0 Å². The number of pyridine rings is 1. The summed E-state index contributed by atoms with van der Waals surface area (Å²) in [5, 5.41) is 3.16. The number of anilines is 1. The number of hydrogen-bond donors (Lipinski definition) is 1. The molecular formula is C16H26N4O. The Labute approximate surface area is 127 Å². The van der Waals surface area contributed by atoms with Crippen molar-refractivity contribution in [2.24, 2.45) is 0 Å². The molecule has 1 aliphatic rings. The van der Waals surface area contributed by atoms with Crippen LogP contribution in [0.1, 0.15) is 37.2 Å². The summed E-state index contributed by atoms with van der Waals surface area (Å²) < 4.78 is 0. The minimum Gasteiger partial charge on any atom is -0.370 e. The largest absolute Gasteiger partial charge is 0.370 e. The summed E-state index contributed by atoms with van der Waals surface area (Å²) in [5.41, 5.74) is 0.538. The molecule has 2 rings (SSSR count). The van der Waals surface area contributed by atoms with Crippen LogP contribution in [-0.2, 0) is 0 Å². The van der Waals surface area contributed by atoms with Gasteiger partial charge in [-0.1, -0.05) is 13.0 Å². The van der Waals surface area contributed by atoms with E-state index in [9.17, 15) is 4.79 Å². The Bertz CT molecular complexity index is 477. The fourth-order valence-electron chi connectivity index (χ4n) is 2.84. The quantitative estimate of drug-likeness (QED) is 0.922. The van der Waals surface area contributed by atoms with E-state index in [1.165, 1.54) is 0 Å². The molecule has 1 aromatic heterocycles. The summed E-state index contributed by atoms with van der Waals surface area (Å²) in [6, 6.07) is 5.87. The summed E-state index contributed by atoms with van der Waals surface area (Å²) in [6.07, 6.45) is 1.99. The van der Waals surface area contributed by atoms with Crippen LogP contribution >= 0.6 is 0 Å². The van der Waals surface area contributed by atoms with E-state index in [1.54, 1.807) is 0 Å². The van der Waals surface area contributed by atoms with Gasteiger partial charge in [0, 0.05) is 25.7 Å². The van der Waals surface area contributed by atoms with Gasteiger partial charge in [0.15, 0.2) is 0 Å². The summed E-state index contributed by atoms with van der Waals surface area (Å²) in [4.78, 5) is 21.6. The van der Waals surface area contributed by atoms with Gasteiger partial charge < -0.3 is 15.1 Å². The van der Waals surface area contributed by atoms with Crippen molar-refractivity contribution >= 4 is 11.7 Å². The topological polar surface area (TPSA) is 48.5 Å². The summed E-state index contributed by atoms with van der Waals surface area (Å²) >= 11 is 0. The zero-order valence-corrected chi connectivity index (χ0v) is 13.3. The summed E-state index contributed by atoms with van der Waals surface area (Å²) in [7, 11) is 2.13. The first-order valence-corrected chi connectivity index (χ1v) is 7.86. The number of aromatic nitrogens is 1. The molecule has 1 N–H and O–H groups in total. The van der Waals surface area contributed by atoms with E-state index in [1.807, 2.05) is 30.0 Å². The zero-order valence-electron chi connectivity index (χ0n) is 13.3. The second-order valence-corrected chi connectivity index (χ2v) is 5.61. The molecule has 0 radical (unpaired) electrons. The molecule has 2 heterocycles. The number of hydrogen-bond acceptors (Lipinski definition) is 4. The van der Waals surface area contributed by atoms with E-state index in [4.69, 9.17) is 0 Å². The van der Waals surface area contributed by atoms with Gasteiger partial charge in [-0.25, -0.2) is 4.98 Å². The zero-order chi connectivity index (χ0) is 15.2. The Kier molecular flexibility index (Phi) is 5.56. The van der Waals surface area contributed by atoms with E-state index >= 15 is 0 Å². The van der Waals surface area contributed by atoms with Crippen LogP contribution in [0, 0.1) is 0 Å². The molecule has 5 heteroatoms. The Morgan fingerprint density at radius 2 is 2.19 bits per heavy atom. The molecule has 1 saturated heterocycles. The monoisotopic (exact) mass is 290 g/mol. The molecule has 5 nitrogen and oxygen atoms in total. The maximum Gasteiger partial charge on any atom is 0.272 e. The average molecular weight is 290 g/mol. The van der Waals surface area contributed by atoms with Crippen LogP contribution in [0.3, 0.4) is 0 Å². The smallest absolute Gasteiger partial charge is 0.272 e. The van der Waals surface area contributed by atoms with Crippen LogP contribution in [0.5, 0.6) is 0 Å². The van der Waals surface area contributed by atoms with E-state index in [0.717, 1.165) is 44.8 Å². The third-order valence-electron chi connectivity index (χ3n) is 3.96. The maximum atomic E-state index is 12.8. The van der Waals surface area contributed by atoms with Crippen molar-refractivity contribution in [1.29, 1.82) is 0 Å². The van der Waals surface area contributed by atoms with Gasteiger partial charge in [-0.3, -0.25) is 4.79 Å². The van der Waals surface area contributed by atoms with E-state index < -0.39 is 0 Å². The molecule has 0 aromatic carbocycles. The lowest BCUT2D eigenvalue weighted by Crippen LogP contribution is -2.43. The van der Waals surface area contributed by atoms with Crippen molar-refractivity contribution in [2.45, 2.75) is 32.7 Å². The van der Waals surface area contributed by atoms with Crippen LogP contribution < -0.4 is 5.32 Å². The fourth-order valence-corrected chi connectivity index (χ4v) is 2.84. The number of carbonyl (C=O) groups excluding carboxylic acids is 1. The van der Waals surface area contributed by atoms with Crippen molar-refractivity contribution in [3.05, 3.63) is 23.9 Å². The Morgan fingerprint density at radius 3 is 2.90 bits per heavy atom. The number of nitrogens with one attached hydrogen (secondary N) is 1. The van der Waals surface area contributed by atoms with E-state index in [2.05, 4.69) is 29.2 Å². The average Bonchev–Trinajstić information content (AvgIpc) is 2.68. The Balaban J connectivity index is 2.18. The molecule has 116 valence electrons. The number of carbonyl (C=O) groups is 1. The minimum absolute atomic E-state index is 0.0527. The highest BCUT2D eigenvalue weighted by atomic mass is 16.2. The van der Waals surface area contributed by atoms with Crippen molar-refractivity contribution in [2.75, 3.05) is 38.5 Å². The van der Waals surface area contributed by atoms with Gasteiger partial charge in [0.05, 0.1) is 0 Å². The van der Waals surface area contributed by atoms with Gasteiger partial charge >= 0.3 is 0 Å². The number of amides is 1. The first-order chi connectivity index (χ1) is 10.2. The molecule has 21 heavy (non-hydrogen) atoms. The predicted molar refractivity (Wildman–Crippen MR) is 85.6 cm³/mol. The van der Waals surface area contributed by atoms with Gasteiger partial charge in [-0.2, -0.15) is 0 Å². The molecule has 1 aromatic rings. The van der Waals surface area contributed by atoms with Crippen LogP contribution in [0.25, 0.3) is 0 Å². The van der Waals surface area contributed by atoms with E-state index in [-0.39, 0.29) is 11.9 Å². The van der Waals surface area contributed by atoms with Crippen molar-refractivity contribution in [3.8, 4) is 0 Å². The van der Waals surface area contributed by atoms with Crippen LogP contribution in [0.15, 0.2) is 18.2 Å². The number of likely N-dealkylation sites (N-methyl/N-ethyl adjacent to an activating group) is 1. The first-order valence-electron chi connectivity index (χ1n) is 7.86. The first kappa shape index (κ1) is 15.8. The number of rotatable bonds is 4. The normalized spacial score (nSPS) is 20.1. The molecule has 0 spiro atoms. The molecule has 1 aliphatic heterocycles. The molecule has 0 saturated carbocycles. The van der Waals surface area contributed by atoms with Crippen LogP contribution in [0.4, 0.5) is 5.82 Å². The predicted octanol–water partition coefficient (Wildman–Crippen LogP) is 2.07. The second kappa shape index (κ2) is 7.41. The van der Waals surface area contributed by atoms with Crippen LogP contribution in [-0.4, -0.2) is 60.0 Å². The van der Waals surface area contributed by atoms with Crippen molar-refractivity contribution in [1.82, 2.24) is 14.8 Å². The molecule has 1 amide bonds. The van der Waals surface area contributed by atoms with Crippen molar-refractivity contribution < 1.29 is 4.79 Å². The SMILES string of the molecule is CCNc1cccc(C(=O)N2CCCN(C)CC2CC)n1. The highest BCUT2D eigenvalue weighted by Gasteiger charge is 2.27. The summed E-state index contributed by atoms with van der Waals surface area (Å²) in [5.74, 6) is 0.820. The molecule has 1 unspecified atom stereocenters. The Hall–Kier alpha value is -1.62. The van der Waals surface area contributed by atoms with Gasteiger partial charge in [-0.05, 0) is 45.5 Å². The standard InChI is InChI=1S/C16H26N4O/c1-4-13-12-19(3)10-7-11-20(13)16(21)14-8-6-9-15(18-14)17-5-2/h6,8-9,13H,4-5,7,10-12H2,1-3H3,(H,17,18). The third kappa shape index (κ3) is 3.94. The molecule has 1 atom stereocenters. The van der Waals surface area contributed by atoms with Gasteiger partial charge in [0.1, 0.15) is 11.5 Å².